The summed E-state index contributed by atoms with van der Waals surface area (Å²) in [6.07, 6.45) is 0. The Labute approximate surface area is 204 Å². The van der Waals surface area contributed by atoms with Crippen molar-refractivity contribution in [1.82, 2.24) is 0 Å². The van der Waals surface area contributed by atoms with Gasteiger partial charge in [0.05, 0.1) is 6.61 Å². The summed E-state index contributed by atoms with van der Waals surface area (Å²) >= 11 is 0. The van der Waals surface area contributed by atoms with Gasteiger partial charge in [-0.05, 0) is 6.92 Å². The number of hydrogen-bond donors (Lipinski definition) is 0. The SMILES string of the molecule is CCOc1cc[c-]cc1.[W].[W].[W].[W].[Y].[c-]1cc[c-]cc1. The maximum absolute atomic E-state index is 5.19. The van der Waals surface area contributed by atoms with Gasteiger partial charge in [-0.1, -0.05) is 0 Å². The standard InChI is InChI=1S/C8H9O.C6H4.4W.Y/c1-2-9-8-6-4-3-5-7-8;1-2-4-6-5-3-1;;;;;/h4-7H,2H2,1H3;1-2,5-6H;;;;;/q-1;-2;;;;;. The van der Waals surface area contributed by atoms with Crippen molar-refractivity contribution < 1.29 is 122 Å². The summed E-state index contributed by atoms with van der Waals surface area (Å²) in [5, 5.41) is 0. The molecule has 0 fully saturated rings. The fourth-order valence-corrected chi connectivity index (χ4v) is 0.938. The van der Waals surface area contributed by atoms with E-state index in [0.29, 0.717) is 0 Å². The van der Waals surface area contributed by atoms with Crippen molar-refractivity contribution in [2.45, 2.75) is 6.92 Å². The zero-order valence-corrected chi connectivity index (χ0v) is 25.5. The molecule has 0 aliphatic carbocycles. The third kappa shape index (κ3) is 20.1. The van der Waals surface area contributed by atoms with Crippen LogP contribution in [0.25, 0.3) is 0 Å². The van der Waals surface area contributed by atoms with E-state index in [-0.39, 0.29) is 117 Å². The molecule has 0 bridgehead atoms. The van der Waals surface area contributed by atoms with E-state index in [1.807, 2.05) is 55.5 Å². The second-order valence-electron chi connectivity index (χ2n) is 2.67. The molecule has 20 heavy (non-hydrogen) atoms. The molecule has 0 aliphatic rings. The summed E-state index contributed by atoms with van der Waals surface area (Å²) in [6.45, 7) is 2.70. The maximum Gasteiger partial charge on any atom is 0.0822 e. The summed E-state index contributed by atoms with van der Waals surface area (Å²) in [7, 11) is 0. The van der Waals surface area contributed by atoms with Gasteiger partial charge in [0.2, 0.25) is 0 Å². The van der Waals surface area contributed by atoms with Crippen molar-refractivity contribution in [3.05, 3.63) is 66.7 Å². The molecule has 0 spiro atoms. The summed E-state index contributed by atoms with van der Waals surface area (Å²) in [5.41, 5.74) is 0. The fourth-order valence-electron chi connectivity index (χ4n) is 0.938. The minimum atomic E-state index is 0. The second kappa shape index (κ2) is 26.0. The van der Waals surface area contributed by atoms with Crippen molar-refractivity contribution in [1.29, 1.82) is 0 Å². The zero-order chi connectivity index (χ0) is 10.8. The quantitative estimate of drug-likeness (QED) is 0.421. The molecule has 2 rings (SSSR count). The van der Waals surface area contributed by atoms with Gasteiger partial charge in [0.25, 0.3) is 0 Å². The van der Waals surface area contributed by atoms with E-state index in [1.54, 1.807) is 0 Å². The minimum absolute atomic E-state index is 0. The zero-order valence-electron chi connectivity index (χ0n) is 10.9. The average molecular weight is 1020 g/mol. The molecule has 2 aromatic rings. The molecule has 0 aliphatic heterocycles. The molecule has 0 saturated heterocycles. The van der Waals surface area contributed by atoms with Crippen LogP contribution in [0.3, 0.4) is 0 Å². The first kappa shape index (κ1) is 33.6. The molecule has 105 valence electrons. The van der Waals surface area contributed by atoms with Crippen LogP contribution < -0.4 is 4.74 Å². The topological polar surface area (TPSA) is 9.23 Å². The molecule has 0 atom stereocenters. The van der Waals surface area contributed by atoms with E-state index in [2.05, 4.69) is 18.2 Å². The Kier molecular flexibility index (Phi) is 43.8. The number of hydrogen-bond acceptors (Lipinski definition) is 1. The van der Waals surface area contributed by atoms with Crippen LogP contribution in [-0.4, -0.2) is 6.61 Å². The van der Waals surface area contributed by atoms with Crippen molar-refractivity contribution in [3.8, 4) is 5.75 Å². The van der Waals surface area contributed by atoms with E-state index in [1.165, 1.54) is 0 Å². The van der Waals surface area contributed by atoms with E-state index < -0.39 is 0 Å². The van der Waals surface area contributed by atoms with Crippen molar-refractivity contribution in [3.63, 3.8) is 0 Å². The van der Waals surface area contributed by atoms with Gasteiger partial charge in [0, 0.05) is 123 Å². The van der Waals surface area contributed by atoms with Crippen LogP contribution in [0.1, 0.15) is 6.92 Å². The molecule has 0 heterocycles. The van der Waals surface area contributed by atoms with Crippen LogP contribution in [-0.2, 0) is 117 Å². The average Bonchev–Trinajstić information content (AvgIpc) is 2.34. The van der Waals surface area contributed by atoms with Crippen molar-refractivity contribution in [2.24, 2.45) is 0 Å². The maximum atomic E-state index is 5.19. The largest absolute Gasteiger partial charge is 0.519 e. The van der Waals surface area contributed by atoms with Crippen molar-refractivity contribution in [2.75, 3.05) is 6.61 Å². The Balaban J connectivity index is -0.0000000623. The summed E-state index contributed by atoms with van der Waals surface area (Å²) in [5.74, 6) is 0.913. The molecule has 6 heteroatoms. The van der Waals surface area contributed by atoms with E-state index in [9.17, 15) is 0 Å². The van der Waals surface area contributed by atoms with Crippen molar-refractivity contribution >= 4 is 0 Å². The molecular weight excluding hydrogens is 1010 g/mol. The summed E-state index contributed by atoms with van der Waals surface area (Å²) in [6, 6.07) is 23.4. The molecule has 0 aromatic heterocycles. The smallest absolute Gasteiger partial charge is 0.0822 e. The van der Waals surface area contributed by atoms with Crippen LogP contribution in [0.4, 0.5) is 0 Å². The van der Waals surface area contributed by atoms with Crippen LogP contribution >= 0.6 is 0 Å². The van der Waals surface area contributed by atoms with Crippen LogP contribution in [0.5, 0.6) is 5.75 Å². The molecule has 0 amide bonds. The first-order valence-corrected chi connectivity index (χ1v) is 4.84. The summed E-state index contributed by atoms with van der Waals surface area (Å²) < 4.78 is 5.19. The van der Waals surface area contributed by atoms with E-state index in [4.69, 9.17) is 4.74 Å². The van der Waals surface area contributed by atoms with Crippen LogP contribution in [0.2, 0.25) is 0 Å². The third-order valence-corrected chi connectivity index (χ3v) is 1.55. The number of benzene rings is 2. The Morgan fingerprint density at radius 1 is 0.750 bits per heavy atom. The molecule has 1 radical (unpaired) electrons. The van der Waals surface area contributed by atoms with Gasteiger partial charge in [-0.25, -0.2) is 0 Å². The first-order valence-electron chi connectivity index (χ1n) is 4.84. The Morgan fingerprint density at radius 2 is 1.10 bits per heavy atom. The first-order chi connectivity index (χ1) is 7.43. The van der Waals surface area contributed by atoms with Gasteiger partial charge >= 0.3 is 0 Å². The Bertz CT molecular complexity index is 322. The molecule has 0 unspecified atom stereocenters. The predicted octanol–water partition coefficient (Wildman–Crippen LogP) is 3.16. The van der Waals surface area contributed by atoms with Gasteiger partial charge in [-0.3, -0.25) is 24.3 Å². The summed E-state index contributed by atoms with van der Waals surface area (Å²) in [4.78, 5) is 0. The molecular formula is C14H13OW4Y-3. The number of ether oxygens (including phenoxy) is 1. The van der Waals surface area contributed by atoms with Gasteiger partial charge in [0.15, 0.2) is 0 Å². The molecule has 0 saturated carbocycles. The Morgan fingerprint density at radius 3 is 1.40 bits per heavy atom. The van der Waals surface area contributed by atoms with E-state index >= 15 is 0 Å². The third-order valence-electron chi connectivity index (χ3n) is 1.55. The second-order valence-corrected chi connectivity index (χ2v) is 2.67. The molecule has 1 nitrogen and oxygen atoms in total. The number of rotatable bonds is 2. The Hall–Kier alpha value is 2.10. The van der Waals surface area contributed by atoms with E-state index in [0.717, 1.165) is 12.4 Å². The van der Waals surface area contributed by atoms with Gasteiger partial charge in [-0.2, -0.15) is 18.2 Å². The minimum Gasteiger partial charge on any atom is -0.519 e. The molecule has 2 aromatic carbocycles. The fraction of sp³-hybridized carbons (Fsp3) is 0.143. The van der Waals surface area contributed by atoms with Gasteiger partial charge in [0.1, 0.15) is 0 Å². The molecule has 0 N–H and O–H groups in total. The predicted molar refractivity (Wildman–Crippen MR) is 60.6 cm³/mol. The normalized spacial score (nSPS) is 6.45. The van der Waals surface area contributed by atoms with Gasteiger partial charge < -0.3 is 16.9 Å². The monoisotopic (exact) mass is 1020 g/mol. The van der Waals surface area contributed by atoms with Gasteiger partial charge in [-0.15, -0.1) is 12.1 Å². The van der Waals surface area contributed by atoms with Crippen LogP contribution in [0, 0.1) is 18.2 Å². The van der Waals surface area contributed by atoms with Crippen LogP contribution in [0.15, 0.2) is 48.5 Å².